The molecule has 0 radical (unpaired) electrons. The lowest BCUT2D eigenvalue weighted by atomic mass is 9.91. The van der Waals surface area contributed by atoms with Gasteiger partial charge in [0.1, 0.15) is 5.82 Å². The Morgan fingerprint density at radius 3 is 2.20 bits per heavy atom. The Morgan fingerprint density at radius 2 is 1.70 bits per heavy atom. The van der Waals surface area contributed by atoms with Crippen molar-refractivity contribution in [3.8, 4) is 0 Å². The maximum Gasteiger partial charge on any atom is 0.259 e. The van der Waals surface area contributed by atoms with Crippen LogP contribution in [0, 0.1) is 11.6 Å². The molecule has 2 aliphatic carbocycles. The molecule has 0 aliphatic heterocycles. The van der Waals surface area contributed by atoms with Crippen molar-refractivity contribution in [3.63, 3.8) is 0 Å². The minimum Gasteiger partial charge on any atom is -0.385 e. The number of amides is 1. The minimum atomic E-state index is -3.80. The molecule has 0 saturated carbocycles. The van der Waals surface area contributed by atoms with E-state index in [1.165, 1.54) is 13.8 Å². The summed E-state index contributed by atoms with van der Waals surface area (Å²) >= 11 is 0.743. The molecule has 1 atom stereocenters. The lowest BCUT2D eigenvalue weighted by Gasteiger charge is -2.15. The Hall–Kier alpha value is -1.68. The smallest absolute Gasteiger partial charge is 0.259 e. The molecule has 30 heavy (non-hydrogen) atoms. The number of nitrogens with two attached hydrogens (primary N) is 1. The summed E-state index contributed by atoms with van der Waals surface area (Å²) in [4.78, 5) is 13.0. The summed E-state index contributed by atoms with van der Waals surface area (Å²) in [5, 5.41) is 15.8. The summed E-state index contributed by atoms with van der Waals surface area (Å²) in [5.41, 5.74) is 2.55. The van der Waals surface area contributed by atoms with Crippen molar-refractivity contribution in [2.45, 2.75) is 68.6 Å². The monoisotopic (exact) mass is 454 g/mol. The Kier molecular flexibility index (Phi) is 5.37. The second-order valence-electron chi connectivity index (χ2n) is 8.45. The number of benzene rings is 1. The molecule has 0 spiro atoms. The zero-order chi connectivity index (χ0) is 21.8. The topological polar surface area (TPSA) is 92.8 Å². The van der Waals surface area contributed by atoms with Gasteiger partial charge in [-0.3, -0.25) is 4.79 Å². The molecular formula is C21H24F2N2O3S2. The molecule has 1 aromatic carbocycles. The lowest BCUT2D eigenvalue weighted by Crippen LogP contribution is -2.17. The number of carbonyl (C=O) groups excluding carboxylic acids is 1. The van der Waals surface area contributed by atoms with Gasteiger partial charge in [-0.15, -0.1) is 15.7 Å². The molecule has 162 valence electrons. The lowest BCUT2D eigenvalue weighted by molar-refractivity contribution is -0.117. The molecule has 2 aromatic rings. The van der Waals surface area contributed by atoms with Crippen LogP contribution >= 0.6 is 11.3 Å². The van der Waals surface area contributed by atoms with Crippen LogP contribution in [-0.4, -0.2) is 15.2 Å². The fraction of sp³-hybridized carbons (Fsp3) is 0.476. The number of fused-ring (bicyclic) bond motifs is 2. The number of halogens is 2. The van der Waals surface area contributed by atoms with E-state index >= 15 is 0 Å². The highest BCUT2D eigenvalue weighted by Gasteiger charge is 2.30. The van der Waals surface area contributed by atoms with Crippen LogP contribution in [0.2, 0.25) is 0 Å². The SMILES string of the molecule is CC(C)(O)c1cc(F)c(S(N)(=O)=NC(=O)Cc2c3c(c(F)c4c2CCC4)CCC3)s1. The first-order valence-corrected chi connectivity index (χ1v) is 12.3. The molecule has 1 amide bonds. The first kappa shape index (κ1) is 21.5. The van der Waals surface area contributed by atoms with E-state index in [0.29, 0.717) is 36.8 Å². The highest BCUT2D eigenvalue weighted by Crippen LogP contribution is 2.38. The van der Waals surface area contributed by atoms with Crippen molar-refractivity contribution in [1.82, 2.24) is 0 Å². The molecule has 5 nitrogen and oxygen atoms in total. The first-order valence-electron chi connectivity index (χ1n) is 9.93. The predicted molar refractivity (Wildman–Crippen MR) is 112 cm³/mol. The van der Waals surface area contributed by atoms with E-state index in [0.717, 1.165) is 46.9 Å². The molecule has 9 heteroatoms. The van der Waals surface area contributed by atoms with Crippen LogP contribution in [0.15, 0.2) is 14.6 Å². The summed E-state index contributed by atoms with van der Waals surface area (Å²) in [6.45, 7) is 2.94. The maximum atomic E-state index is 14.8. The van der Waals surface area contributed by atoms with E-state index in [9.17, 15) is 22.9 Å². The van der Waals surface area contributed by atoms with Crippen molar-refractivity contribution in [3.05, 3.63) is 50.4 Å². The highest BCUT2D eigenvalue weighted by molar-refractivity contribution is 7.93. The third-order valence-corrected chi connectivity index (χ3v) is 9.17. The van der Waals surface area contributed by atoms with Gasteiger partial charge in [0.05, 0.1) is 12.0 Å². The second-order valence-corrected chi connectivity index (χ2v) is 11.5. The average Bonchev–Trinajstić information content (AvgIpc) is 3.36. The molecule has 0 saturated heterocycles. The molecule has 0 fully saturated rings. The van der Waals surface area contributed by atoms with Crippen LogP contribution < -0.4 is 5.14 Å². The number of hydrogen-bond acceptors (Lipinski definition) is 4. The Bertz CT molecular complexity index is 1140. The van der Waals surface area contributed by atoms with Crippen LogP contribution in [0.1, 0.15) is 59.4 Å². The van der Waals surface area contributed by atoms with Gasteiger partial charge in [0.15, 0.2) is 19.9 Å². The van der Waals surface area contributed by atoms with Gasteiger partial charge in [-0.25, -0.2) is 18.1 Å². The van der Waals surface area contributed by atoms with Crippen molar-refractivity contribution < 1.29 is 22.9 Å². The summed E-state index contributed by atoms with van der Waals surface area (Å²) in [5.74, 6) is -1.70. The molecule has 4 rings (SSSR count). The van der Waals surface area contributed by atoms with E-state index in [2.05, 4.69) is 4.36 Å². The van der Waals surface area contributed by atoms with E-state index in [1.807, 2.05) is 0 Å². The maximum absolute atomic E-state index is 14.8. The van der Waals surface area contributed by atoms with Crippen molar-refractivity contribution in [2.75, 3.05) is 0 Å². The van der Waals surface area contributed by atoms with Crippen LogP contribution in [0.5, 0.6) is 0 Å². The van der Waals surface area contributed by atoms with E-state index in [-0.39, 0.29) is 21.3 Å². The third-order valence-electron chi connectivity index (χ3n) is 5.78. The van der Waals surface area contributed by atoms with E-state index in [1.54, 1.807) is 0 Å². The molecular weight excluding hydrogens is 430 g/mol. The quantitative estimate of drug-likeness (QED) is 0.738. The largest absolute Gasteiger partial charge is 0.385 e. The zero-order valence-electron chi connectivity index (χ0n) is 16.9. The van der Waals surface area contributed by atoms with Gasteiger partial charge in [-0.05, 0) is 86.3 Å². The number of nitrogens with zero attached hydrogens (tertiary/aromatic N) is 1. The molecule has 1 heterocycles. The summed E-state index contributed by atoms with van der Waals surface area (Å²) in [6, 6.07) is 1.06. The van der Waals surface area contributed by atoms with Crippen LogP contribution in [0.25, 0.3) is 0 Å². The number of rotatable bonds is 4. The predicted octanol–water partition coefficient (Wildman–Crippen LogP) is 3.70. The van der Waals surface area contributed by atoms with Crippen LogP contribution in [-0.2, 0) is 52.4 Å². The number of thiophene rings is 1. The minimum absolute atomic E-state index is 0.121. The Balaban J connectivity index is 1.70. The van der Waals surface area contributed by atoms with Gasteiger partial charge >= 0.3 is 0 Å². The van der Waals surface area contributed by atoms with Gasteiger partial charge < -0.3 is 5.11 Å². The van der Waals surface area contributed by atoms with E-state index in [4.69, 9.17) is 5.14 Å². The Labute approximate surface area is 178 Å². The summed E-state index contributed by atoms with van der Waals surface area (Å²) in [6.07, 6.45) is 4.26. The molecule has 0 bridgehead atoms. The summed E-state index contributed by atoms with van der Waals surface area (Å²) < 4.78 is 45.3. The van der Waals surface area contributed by atoms with E-state index < -0.39 is 27.2 Å². The fourth-order valence-electron chi connectivity index (χ4n) is 4.44. The van der Waals surface area contributed by atoms with Gasteiger partial charge in [0.25, 0.3) is 5.91 Å². The molecule has 2 aliphatic rings. The molecule has 3 N–H and O–H groups in total. The number of aliphatic hydroxyl groups is 1. The highest BCUT2D eigenvalue weighted by atomic mass is 32.2. The normalized spacial score (nSPS) is 17.5. The number of hydrogen-bond donors (Lipinski definition) is 2. The third kappa shape index (κ3) is 3.72. The van der Waals surface area contributed by atoms with Gasteiger partial charge in [-0.2, -0.15) is 0 Å². The number of carbonyl (C=O) groups is 1. The fourth-order valence-corrected chi connectivity index (χ4v) is 6.86. The molecule has 1 aromatic heterocycles. The van der Waals surface area contributed by atoms with Crippen LogP contribution in [0.4, 0.5) is 8.78 Å². The van der Waals surface area contributed by atoms with Gasteiger partial charge in [0, 0.05) is 4.88 Å². The second kappa shape index (κ2) is 7.47. The molecule has 1 unspecified atom stereocenters. The van der Waals surface area contributed by atoms with Crippen molar-refractivity contribution >= 4 is 27.2 Å². The van der Waals surface area contributed by atoms with Crippen molar-refractivity contribution in [1.29, 1.82) is 0 Å². The van der Waals surface area contributed by atoms with Gasteiger partial charge in [0.2, 0.25) is 0 Å². The van der Waals surface area contributed by atoms with Crippen molar-refractivity contribution in [2.24, 2.45) is 9.50 Å². The average molecular weight is 455 g/mol. The van der Waals surface area contributed by atoms with Gasteiger partial charge in [-0.1, -0.05) is 0 Å². The standard InChI is InChI=1S/C21H24F2N2O3S2/c1-21(2,27)17-10-16(22)20(29-17)30(24,28)25-18(26)9-15-11-5-3-7-13(11)19(23)14-8-4-6-12(14)15/h10,27H,3-9H2,1-2H3,(H2,24,25,26,28). The zero-order valence-corrected chi connectivity index (χ0v) is 18.5. The Morgan fingerprint density at radius 1 is 1.17 bits per heavy atom. The first-order chi connectivity index (χ1) is 14.0. The van der Waals surface area contributed by atoms with Crippen LogP contribution in [0.3, 0.4) is 0 Å². The summed E-state index contributed by atoms with van der Waals surface area (Å²) in [7, 11) is -3.80.